The van der Waals surface area contributed by atoms with Gasteiger partial charge in [-0.15, -0.1) is 6.58 Å². The van der Waals surface area contributed by atoms with Gasteiger partial charge in [0, 0.05) is 66.6 Å². The number of allylic oxidation sites excluding steroid dienone is 1. The lowest BCUT2D eigenvalue weighted by molar-refractivity contribution is -0.151. The van der Waals surface area contributed by atoms with E-state index in [0.717, 1.165) is 49.9 Å². The molecular formula is C55H94N4O5. The van der Waals surface area contributed by atoms with Crippen molar-refractivity contribution in [1.82, 2.24) is 21.3 Å². The van der Waals surface area contributed by atoms with Crippen LogP contribution in [0.2, 0.25) is 0 Å². The zero-order valence-corrected chi connectivity index (χ0v) is 42.3. The van der Waals surface area contributed by atoms with Gasteiger partial charge in [0.1, 0.15) is 12.5 Å². The predicted octanol–water partition coefficient (Wildman–Crippen LogP) is 9.83. The fourth-order valence-electron chi connectivity index (χ4n) is 14.6. The average Bonchev–Trinajstić information content (AvgIpc) is 3.99. The van der Waals surface area contributed by atoms with E-state index in [9.17, 15) is 14.4 Å². The van der Waals surface area contributed by atoms with Gasteiger partial charge in [-0.1, -0.05) is 125 Å². The second-order valence-electron chi connectivity index (χ2n) is 23.2. The van der Waals surface area contributed by atoms with Crippen molar-refractivity contribution in [3.63, 3.8) is 0 Å². The molecule has 8 bridgehead atoms. The van der Waals surface area contributed by atoms with Crippen molar-refractivity contribution in [2.45, 2.75) is 214 Å². The van der Waals surface area contributed by atoms with E-state index in [4.69, 9.17) is 9.47 Å². The van der Waals surface area contributed by atoms with E-state index < -0.39 is 11.9 Å². The first-order valence-corrected chi connectivity index (χ1v) is 26.7. The number of esters is 2. The lowest BCUT2D eigenvalue weighted by Crippen LogP contribution is -2.51. The van der Waals surface area contributed by atoms with Crippen LogP contribution < -0.4 is 21.3 Å². The highest BCUT2D eigenvalue weighted by molar-refractivity contribution is 6.03. The lowest BCUT2D eigenvalue weighted by Gasteiger charge is -2.34. The minimum absolute atomic E-state index is 0.0381. The molecule has 0 aromatic carbocycles. The highest BCUT2D eigenvalue weighted by atomic mass is 16.5. The van der Waals surface area contributed by atoms with Crippen molar-refractivity contribution in [1.29, 1.82) is 0 Å². The van der Waals surface area contributed by atoms with Crippen molar-refractivity contribution < 1.29 is 23.9 Å². The number of hydrogen-bond acceptors (Lipinski definition) is 9. The molecule has 5 heterocycles. The van der Waals surface area contributed by atoms with E-state index in [-0.39, 0.29) is 65.5 Å². The van der Waals surface area contributed by atoms with Crippen LogP contribution in [0.4, 0.5) is 0 Å². The summed E-state index contributed by atoms with van der Waals surface area (Å²) in [7, 11) is 1.42. The number of carbonyl (C=O) groups excluding carboxylic acids is 3. The molecule has 4 N–H and O–H groups in total. The Morgan fingerprint density at radius 1 is 0.719 bits per heavy atom. The standard InChI is InChI=1S/C55H94N4O5/c1-13-39-35(8)42-28-44-37(10)41(24-25-48(60)64-27-26-34(7)23-17-22-33(6)21-16-20-32(5)19-15-18-31(3)4)52(58-44)50-51(55(62)63-12)54(61)49-38(11)45(59-53(49)50)30-47-40(14-2)36(9)43(57-47)29-46(39)56-42/h13,26,31-33,35-47,49-53,56-59H,1,14-25,27-30H2,2-12H3/b34-26+/t32-,33-,35?,36?,37+,38?,39?,40?,41+,42?,43?,44?,45?,46?,47?,49?,50?,51?,52?,53?/m1/s1. The van der Waals surface area contributed by atoms with E-state index in [1.165, 1.54) is 64.0 Å². The number of ketones is 1. The smallest absolute Gasteiger partial charge is 0.316 e. The van der Waals surface area contributed by atoms with Crippen LogP contribution in [0.25, 0.3) is 0 Å². The monoisotopic (exact) mass is 891 g/mol. The largest absolute Gasteiger partial charge is 0.468 e. The molecule has 0 aromatic heterocycles. The molecule has 6 rings (SSSR count). The SMILES string of the molecule is C=CC1C2CC3NC(CC4NC5C(C(=O)C(C(=O)OC)C5C5NC(CC(N2)C1C)[C@@H](C)[C@@H]5CCC(=O)OC/C=C(\C)CCC[C@H](C)CCC[C@H](C)CCCC(C)C)C4C)C(CC)C3C. The van der Waals surface area contributed by atoms with Crippen LogP contribution in [-0.4, -0.2) is 79.8 Å². The number of hydrogen-bond donors (Lipinski definition) is 4. The van der Waals surface area contributed by atoms with Gasteiger partial charge in [-0.3, -0.25) is 14.4 Å². The summed E-state index contributed by atoms with van der Waals surface area (Å²) in [5.74, 6) is 2.87. The Labute approximate surface area is 390 Å². The fraction of sp³-hybridized carbons (Fsp3) is 0.873. The van der Waals surface area contributed by atoms with Crippen molar-refractivity contribution in [2.75, 3.05) is 13.7 Å². The van der Waals surface area contributed by atoms with Gasteiger partial charge in [-0.25, -0.2) is 0 Å². The molecule has 1 saturated carbocycles. The van der Waals surface area contributed by atoms with Crippen molar-refractivity contribution in [3.8, 4) is 0 Å². The Hall–Kier alpha value is -2.07. The minimum Gasteiger partial charge on any atom is -0.468 e. The minimum atomic E-state index is -0.827. The molecule has 9 heteroatoms. The van der Waals surface area contributed by atoms with E-state index >= 15 is 0 Å². The van der Waals surface area contributed by atoms with Crippen molar-refractivity contribution in [3.05, 3.63) is 24.3 Å². The Morgan fingerprint density at radius 2 is 1.28 bits per heavy atom. The molecule has 64 heavy (non-hydrogen) atoms. The van der Waals surface area contributed by atoms with Crippen LogP contribution in [0.15, 0.2) is 24.3 Å². The number of carbonyl (C=O) groups is 3. The van der Waals surface area contributed by atoms with Gasteiger partial charge < -0.3 is 30.7 Å². The zero-order valence-electron chi connectivity index (χ0n) is 42.3. The molecule has 20 atom stereocenters. The van der Waals surface area contributed by atoms with Gasteiger partial charge in [0.15, 0.2) is 5.78 Å². The number of rotatable bonds is 20. The predicted molar refractivity (Wildman–Crippen MR) is 260 cm³/mol. The number of nitrogens with one attached hydrogen (secondary N) is 4. The molecule has 0 spiro atoms. The number of fused-ring (bicyclic) bond motifs is 8. The number of ether oxygens (including phenoxy) is 2. The van der Waals surface area contributed by atoms with Gasteiger partial charge in [-0.05, 0) is 111 Å². The molecule has 6 fully saturated rings. The third kappa shape index (κ3) is 11.8. The Bertz CT molecular complexity index is 1580. The summed E-state index contributed by atoms with van der Waals surface area (Å²) in [6, 6.07) is 1.55. The van der Waals surface area contributed by atoms with Crippen molar-refractivity contribution in [2.24, 2.45) is 76.9 Å². The lowest BCUT2D eigenvalue weighted by atomic mass is 9.75. The summed E-state index contributed by atoms with van der Waals surface area (Å²) in [6.45, 7) is 28.0. The maximum absolute atomic E-state index is 14.6. The molecule has 0 amide bonds. The molecule has 5 saturated heterocycles. The van der Waals surface area contributed by atoms with Gasteiger partial charge in [-0.2, -0.15) is 0 Å². The first-order chi connectivity index (χ1) is 30.6. The van der Waals surface area contributed by atoms with Gasteiger partial charge in [0.25, 0.3) is 0 Å². The van der Waals surface area contributed by atoms with Crippen LogP contribution >= 0.6 is 0 Å². The maximum atomic E-state index is 14.6. The van der Waals surface area contributed by atoms with Crippen LogP contribution in [0.3, 0.4) is 0 Å². The molecule has 1 aliphatic carbocycles. The first kappa shape index (κ1) is 51.3. The van der Waals surface area contributed by atoms with Crippen molar-refractivity contribution >= 4 is 17.7 Å². The van der Waals surface area contributed by atoms with E-state index in [1.807, 2.05) is 0 Å². The highest BCUT2D eigenvalue weighted by Crippen LogP contribution is 2.51. The van der Waals surface area contributed by atoms with Crippen LogP contribution in [0.5, 0.6) is 0 Å². The van der Waals surface area contributed by atoms with E-state index in [2.05, 4.69) is 109 Å². The highest BCUT2D eigenvalue weighted by Gasteiger charge is 2.64. The molecule has 0 radical (unpaired) electrons. The van der Waals surface area contributed by atoms with Gasteiger partial charge >= 0.3 is 11.9 Å². The topological polar surface area (TPSA) is 118 Å². The molecule has 364 valence electrons. The van der Waals surface area contributed by atoms with E-state index in [1.54, 1.807) is 0 Å². The first-order valence-electron chi connectivity index (χ1n) is 26.7. The Balaban J connectivity index is 1.10. The Morgan fingerprint density at radius 3 is 1.94 bits per heavy atom. The summed E-state index contributed by atoms with van der Waals surface area (Å²) in [6.07, 6.45) is 20.9. The summed E-state index contributed by atoms with van der Waals surface area (Å²) in [5, 5.41) is 16.5. The molecule has 16 unspecified atom stereocenters. The molecule has 0 aromatic rings. The fourth-order valence-corrected chi connectivity index (χ4v) is 14.6. The van der Waals surface area contributed by atoms with Gasteiger partial charge in [0.2, 0.25) is 0 Å². The molecule has 9 nitrogen and oxygen atoms in total. The summed E-state index contributed by atoms with van der Waals surface area (Å²) >= 11 is 0. The maximum Gasteiger partial charge on any atom is 0.316 e. The third-order valence-corrected chi connectivity index (χ3v) is 18.6. The third-order valence-electron chi connectivity index (χ3n) is 18.6. The second kappa shape index (κ2) is 23.3. The van der Waals surface area contributed by atoms with Crippen LogP contribution in [0.1, 0.15) is 166 Å². The van der Waals surface area contributed by atoms with E-state index in [0.29, 0.717) is 67.3 Å². The number of Topliss-reactive ketones (excluding diaryl/α,β-unsaturated/α-hetero) is 1. The summed E-state index contributed by atoms with van der Waals surface area (Å²) < 4.78 is 11.3. The average molecular weight is 891 g/mol. The molecule has 5 aliphatic heterocycles. The van der Waals surface area contributed by atoms with Crippen LogP contribution in [-0.2, 0) is 23.9 Å². The normalized spacial score (nSPS) is 40.5. The molecule has 6 aliphatic rings. The second-order valence-corrected chi connectivity index (χ2v) is 23.2. The summed E-state index contributed by atoms with van der Waals surface area (Å²) in [5.41, 5.74) is 1.29. The quantitative estimate of drug-likeness (QED) is 0.0539. The zero-order chi connectivity index (χ0) is 46.4. The Kier molecular flexibility index (Phi) is 18.7. The van der Waals surface area contributed by atoms with Gasteiger partial charge in [0.05, 0.1) is 7.11 Å². The van der Waals surface area contributed by atoms with Crippen LogP contribution in [0, 0.1) is 76.9 Å². The number of methoxy groups -OCH3 is 1. The molecular weight excluding hydrogens is 797 g/mol. The summed E-state index contributed by atoms with van der Waals surface area (Å²) in [4.78, 5) is 41.9.